The van der Waals surface area contributed by atoms with Crippen LogP contribution in [0.15, 0.2) is 11.6 Å². The number of fused-ring (bicyclic) bond motifs is 7. The van der Waals surface area contributed by atoms with Crippen LogP contribution in [0.25, 0.3) is 0 Å². The quantitative estimate of drug-likeness (QED) is 0.0424. The van der Waals surface area contributed by atoms with Gasteiger partial charge in [0.25, 0.3) is 0 Å². The van der Waals surface area contributed by atoms with Gasteiger partial charge in [-0.3, -0.25) is 4.79 Å². The molecular weight excluding hydrogens is 1480 g/mol. The summed E-state index contributed by atoms with van der Waals surface area (Å²) in [5.74, 6) is -0.443. The van der Waals surface area contributed by atoms with Crippen LogP contribution in [0.3, 0.4) is 0 Å². The summed E-state index contributed by atoms with van der Waals surface area (Å²) in [6.07, 6.45) is -53.8. The van der Waals surface area contributed by atoms with E-state index in [-0.39, 0.29) is 39.4 Å². The van der Waals surface area contributed by atoms with Crippen molar-refractivity contribution in [1.82, 2.24) is 0 Å². The predicted molar refractivity (Wildman–Crippen MR) is 367 cm³/mol. The highest BCUT2D eigenvalue weighted by molar-refractivity contribution is 5.76. The Morgan fingerprint density at radius 1 is 0.432 bits per heavy atom. The fraction of sp³-hybridized carbons (Fsp3) is 0.959. The number of ether oxygens (including phenoxy) is 16. The standard InChI is InChI=1S/C74H120O37/c1-27-40(79)46(85)59(111-61-49(88)43(82)32(77)23-97-61)67(102-27)107-55-33(78)24-98-64(52(55)91)109-57-41(80)28(2)101-66(54(57)93)104-35-25-99-62(50(89)44(35)83)110-58-45(84)34(21-75)103-63(53(58)92)100-26-36-56(108-60-48(87)42(81)31(76)22-96-60)47(86)51(90)65(105-36)106-39-13-14-71(7)37(70(39,5)6)12-15-73(9)38(71)11-10-29-30-20-69(3,4)16-18-74(30,68(94)95)19-17-72(29,73)8/h10,27-28,30-67,75-93H,11-26H2,1-9H3,(H,94,95)/t27-,28-,30-,31+,32+,33+,34+,35+,36+,37-,38+,39-,40-,41-,42-,43-,44-,45+,46+,47+,48+,49+,50+,51+,52+,53+,54+,55-,56+,57+,58-,59+,60-,61-,62-,63+,64-,65-,66-,67-,71-,72+,73+,74-/m0/s1. The maximum atomic E-state index is 13.3. The monoisotopic (exact) mass is 1600 g/mol. The van der Waals surface area contributed by atoms with E-state index >= 15 is 0 Å². The van der Waals surface area contributed by atoms with Crippen molar-refractivity contribution in [1.29, 1.82) is 0 Å². The van der Waals surface area contributed by atoms with Crippen LogP contribution in [0.4, 0.5) is 0 Å². The maximum absolute atomic E-state index is 13.3. The fourth-order valence-electron chi connectivity index (χ4n) is 21.2. The van der Waals surface area contributed by atoms with Gasteiger partial charge in [-0.15, -0.1) is 0 Å². The Hall–Kier alpha value is -2.19. The SMILES string of the molecule is C[C@@H]1O[C@@H](O[C@@H]2[C@@H](O)[C@H](O[C@@H]3[C@@H](O)[C@H](C)O[C@@H](O[C@@H]4CO[C@@H](O[C@@H]5[C@@H](O)[C@H](OC[C@H]6O[C@@H](O[C@H]7CC[C@]8(C)[C@H]9CC=C%10[C@@H]%11CC(C)(C)CC[C@]%11(C(=O)O)CC[C@@]%10(C)[C@]9(C)CC[C@H]8C7(C)C)[C@H](O)[C@@H](O)[C@@H]6O[C@@H]6OC[C@@H](O)[C@H](O)[C@H]6O)O[C@H](CO)[C@H]5O)[C@H](O)[C@H]4O)[C@@H]3O)OC[C@H]2O)[C@H](O[C@@H]2OC[C@@H](O)[C@H](O)[C@H]2O)[C@H](O)[C@H]1O. The number of rotatable bonds is 19. The van der Waals surface area contributed by atoms with Crippen molar-refractivity contribution in [2.75, 3.05) is 39.6 Å². The van der Waals surface area contributed by atoms with Crippen LogP contribution in [0.5, 0.6) is 0 Å². The number of hydrogen-bond acceptors (Lipinski definition) is 36. The highest BCUT2D eigenvalue weighted by atomic mass is 16.8. The fourth-order valence-corrected chi connectivity index (χ4v) is 21.2. The third-order valence-electron chi connectivity index (χ3n) is 28.3. The summed E-state index contributed by atoms with van der Waals surface area (Å²) in [5, 5.41) is 223. The van der Waals surface area contributed by atoms with E-state index in [1.54, 1.807) is 0 Å². The number of aliphatic hydroxyl groups excluding tert-OH is 19. The number of hydrogen-bond donors (Lipinski definition) is 20. The first-order valence-electron chi connectivity index (χ1n) is 39.2. The highest BCUT2D eigenvalue weighted by Crippen LogP contribution is 2.76. The van der Waals surface area contributed by atoms with Crippen molar-refractivity contribution >= 4 is 5.97 Å². The second-order valence-corrected chi connectivity index (χ2v) is 35.7. The molecule has 0 amide bonds. The average Bonchev–Trinajstić information content (AvgIpc) is 0.674. The Morgan fingerprint density at radius 3 is 1.56 bits per heavy atom. The predicted octanol–water partition coefficient (Wildman–Crippen LogP) is -5.56. The van der Waals surface area contributed by atoms with Crippen LogP contribution >= 0.6 is 0 Å². The van der Waals surface area contributed by atoms with Gasteiger partial charge < -0.3 is 178 Å². The van der Waals surface area contributed by atoms with Crippen LogP contribution in [-0.2, 0) is 80.6 Å². The van der Waals surface area contributed by atoms with Crippen LogP contribution in [0, 0.1) is 50.2 Å². The molecule has 37 heteroatoms. The van der Waals surface area contributed by atoms with Gasteiger partial charge in [0.2, 0.25) is 0 Å². The summed E-state index contributed by atoms with van der Waals surface area (Å²) < 4.78 is 94.9. The van der Waals surface area contributed by atoms with Crippen molar-refractivity contribution in [3.63, 3.8) is 0 Å². The van der Waals surface area contributed by atoms with Gasteiger partial charge in [0.05, 0.1) is 63.4 Å². The van der Waals surface area contributed by atoms with E-state index in [9.17, 15) is 107 Å². The molecule has 0 bridgehead atoms. The molecular formula is C74H120O37. The summed E-state index contributed by atoms with van der Waals surface area (Å²) in [5.41, 5.74) is -0.662. The third-order valence-corrected chi connectivity index (χ3v) is 28.3. The third kappa shape index (κ3) is 15.6. The Labute approximate surface area is 641 Å². The molecule has 638 valence electrons. The molecule has 8 saturated heterocycles. The topological polar surface area (TPSA) is 569 Å². The van der Waals surface area contributed by atoms with E-state index in [2.05, 4.69) is 54.5 Å². The summed E-state index contributed by atoms with van der Waals surface area (Å²) in [4.78, 5) is 13.3. The van der Waals surface area contributed by atoms with Gasteiger partial charge in [-0.25, -0.2) is 0 Å². The largest absolute Gasteiger partial charge is 0.481 e. The molecule has 0 unspecified atom stereocenters. The van der Waals surface area contributed by atoms with Crippen LogP contribution in [0.1, 0.15) is 127 Å². The van der Waals surface area contributed by atoms with Gasteiger partial charge in [-0.2, -0.15) is 0 Å². The zero-order valence-corrected chi connectivity index (χ0v) is 63.9. The molecule has 0 aromatic rings. The number of carboxylic acids is 1. The van der Waals surface area contributed by atoms with Gasteiger partial charge in [-0.1, -0.05) is 60.1 Å². The minimum atomic E-state index is -2.10. The Balaban J connectivity index is 0.653. The van der Waals surface area contributed by atoms with E-state index in [0.29, 0.717) is 19.3 Å². The second-order valence-electron chi connectivity index (χ2n) is 35.7. The van der Waals surface area contributed by atoms with Crippen molar-refractivity contribution in [3.05, 3.63) is 11.6 Å². The van der Waals surface area contributed by atoms with Crippen molar-refractivity contribution in [2.45, 2.75) is 354 Å². The Morgan fingerprint density at radius 2 is 0.928 bits per heavy atom. The van der Waals surface area contributed by atoms with E-state index in [0.717, 1.165) is 44.9 Å². The van der Waals surface area contributed by atoms with Gasteiger partial charge in [0.15, 0.2) is 50.3 Å². The molecule has 37 nitrogen and oxygen atoms in total. The molecule has 44 atom stereocenters. The molecule has 12 fully saturated rings. The van der Waals surface area contributed by atoms with Crippen LogP contribution in [-0.4, -0.2) is 375 Å². The molecule has 5 aliphatic carbocycles. The molecule has 13 rings (SSSR count). The second kappa shape index (κ2) is 33.1. The Kier molecular flexibility index (Phi) is 25.8. The number of carbonyl (C=O) groups is 1. The van der Waals surface area contributed by atoms with Crippen molar-refractivity contribution in [2.24, 2.45) is 50.2 Å². The van der Waals surface area contributed by atoms with E-state index in [4.69, 9.17) is 75.8 Å². The average molecular weight is 1600 g/mol. The maximum Gasteiger partial charge on any atom is 0.310 e. The summed E-state index contributed by atoms with van der Waals surface area (Å²) in [6.45, 7) is 14.7. The molecule has 8 heterocycles. The first kappa shape index (κ1) is 86.7. The lowest BCUT2D eigenvalue weighted by Crippen LogP contribution is -2.67. The van der Waals surface area contributed by atoms with Gasteiger partial charge >= 0.3 is 5.97 Å². The highest BCUT2D eigenvalue weighted by Gasteiger charge is 2.70. The number of carboxylic acid groups (broad SMARTS) is 1. The zero-order valence-electron chi connectivity index (χ0n) is 63.9. The molecule has 13 aliphatic rings. The first-order valence-corrected chi connectivity index (χ1v) is 39.2. The first-order chi connectivity index (χ1) is 52.1. The van der Waals surface area contributed by atoms with E-state index in [1.165, 1.54) is 19.4 Å². The number of allylic oxidation sites excluding steroid dienone is 2. The smallest absolute Gasteiger partial charge is 0.310 e. The van der Waals surface area contributed by atoms with Crippen molar-refractivity contribution < 1.29 is 183 Å². The molecule has 0 aromatic carbocycles. The minimum Gasteiger partial charge on any atom is -0.481 e. The number of aliphatic carboxylic acids is 1. The van der Waals surface area contributed by atoms with Crippen LogP contribution in [0.2, 0.25) is 0 Å². The molecule has 8 aliphatic heterocycles. The van der Waals surface area contributed by atoms with Crippen molar-refractivity contribution in [3.8, 4) is 0 Å². The van der Waals surface area contributed by atoms with Gasteiger partial charge in [0, 0.05) is 0 Å². The summed E-state index contributed by atoms with van der Waals surface area (Å²) >= 11 is 0. The summed E-state index contributed by atoms with van der Waals surface area (Å²) in [7, 11) is 0. The number of aliphatic hydroxyl groups is 19. The normalized spacial score (nSPS) is 54.8. The molecule has 0 radical (unpaired) electrons. The molecule has 4 saturated carbocycles. The lowest BCUT2D eigenvalue weighted by atomic mass is 9.33. The molecule has 0 spiro atoms. The van der Waals surface area contributed by atoms with Gasteiger partial charge in [-0.05, 0) is 123 Å². The summed E-state index contributed by atoms with van der Waals surface area (Å²) in [6, 6.07) is 0. The Bertz CT molecular complexity index is 3180. The molecule has 0 aromatic heterocycles. The minimum absolute atomic E-state index is 0.00322. The zero-order chi connectivity index (χ0) is 80.6. The van der Waals surface area contributed by atoms with E-state index in [1.807, 2.05) is 0 Å². The van der Waals surface area contributed by atoms with Gasteiger partial charge in [0.1, 0.15) is 159 Å². The van der Waals surface area contributed by atoms with Crippen LogP contribution < -0.4 is 0 Å². The van der Waals surface area contributed by atoms with E-state index < -0.39 is 284 Å². The molecule has 20 N–H and O–H groups in total. The molecule has 111 heavy (non-hydrogen) atoms. The lowest BCUT2D eigenvalue weighted by Gasteiger charge is -2.71. The lowest BCUT2D eigenvalue weighted by molar-refractivity contribution is -0.387.